The first-order valence-electron chi connectivity index (χ1n) is 7.00. The number of aldehydes is 1. The summed E-state index contributed by atoms with van der Waals surface area (Å²) in [6.45, 7) is 2.26. The zero-order chi connectivity index (χ0) is 11.9. The highest BCUT2D eigenvalue weighted by Crippen LogP contribution is 2.09. The Morgan fingerprint density at radius 3 is 1.88 bits per heavy atom. The third kappa shape index (κ3) is 13.4. The van der Waals surface area contributed by atoms with Gasteiger partial charge in [0.15, 0.2) is 0 Å². The minimum absolute atomic E-state index is 0.675. The van der Waals surface area contributed by atoms with E-state index in [1.807, 2.05) is 0 Å². The van der Waals surface area contributed by atoms with Crippen molar-refractivity contribution in [3.63, 3.8) is 0 Å². The first-order chi connectivity index (χ1) is 7.91. The van der Waals surface area contributed by atoms with E-state index >= 15 is 0 Å². The van der Waals surface area contributed by atoms with Crippen LogP contribution in [-0.2, 0) is 4.79 Å². The first kappa shape index (κ1) is 15.4. The van der Waals surface area contributed by atoms with Gasteiger partial charge in [-0.2, -0.15) is 0 Å². The van der Waals surface area contributed by atoms with E-state index in [0.717, 1.165) is 12.7 Å². The van der Waals surface area contributed by atoms with Crippen molar-refractivity contribution < 1.29 is 4.79 Å². The van der Waals surface area contributed by atoms with E-state index in [1.54, 1.807) is 0 Å². The molecule has 0 aromatic heterocycles. The van der Waals surface area contributed by atoms with Crippen LogP contribution in [0.4, 0.5) is 0 Å². The summed E-state index contributed by atoms with van der Waals surface area (Å²) in [5, 5.41) is 0. The molecule has 0 aliphatic heterocycles. The zero-order valence-corrected chi connectivity index (χ0v) is 10.9. The summed E-state index contributed by atoms with van der Waals surface area (Å²) in [4.78, 5) is 10.1. The molecule has 0 N–H and O–H groups in total. The van der Waals surface area contributed by atoms with Crippen LogP contribution in [0.1, 0.15) is 77.6 Å². The average Bonchev–Trinajstić information content (AvgIpc) is 2.31. The number of allylic oxidation sites excluding steroid dienone is 2. The molecule has 0 aliphatic carbocycles. The monoisotopic (exact) mass is 224 g/mol. The zero-order valence-electron chi connectivity index (χ0n) is 10.9. The largest absolute Gasteiger partial charge is 0.303 e. The molecule has 0 bridgehead atoms. The van der Waals surface area contributed by atoms with Gasteiger partial charge in [-0.1, -0.05) is 64.0 Å². The lowest BCUT2D eigenvalue weighted by atomic mass is 10.1. The number of hydrogen-bond acceptors (Lipinski definition) is 1. The highest BCUT2D eigenvalue weighted by molar-refractivity contribution is 5.49. The summed E-state index contributed by atoms with van der Waals surface area (Å²) in [6.07, 6.45) is 19.2. The number of unbranched alkanes of at least 4 members (excludes halogenated alkanes) is 9. The van der Waals surface area contributed by atoms with E-state index in [-0.39, 0.29) is 0 Å². The lowest BCUT2D eigenvalue weighted by Gasteiger charge is -1.99. The second kappa shape index (κ2) is 14.4. The summed E-state index contributed by atoms with van der Waals surface area (Å²) in [5.74, 6) is 0. The Kier molecular flexibility index (Phi) is 13.9. The molecular weight excluding hydrogens is 196 g/mol. The Morgan fingerprint density at radius 2 is 1.25 bits per heavy atom. The predicted molar refractivity (Wildman–Crippen MR) is 71.7 cm³/mol. The van der Waals surface area contributed by atoms with Crippen LogP contribution in [0.3, 0.4) is 0 Å². The molecule has 0 saturated carbocycles. The SMILES string of the molecule is CCCCCCCCCC/C=C\CCC=O. The van der Waals surface area contributed by atoms with Crippen molar-refractivity contribution in [1.82, 2.24) is 0 Å². The number of carbonyl (C=O) groups is 1. The van der Waals surface area contributed by atoms with Crippen molar-refractivity contribution in [3.05, 3.63) is 12.2 Å². The third-order valence-electron chi connectivity index (χ3n) is 2.84. The molecule has 1 nitrogen and oxygen atoms in total. The van der Waals surface area contributed by atoms with E-state index in [0.29, 0.717) is 6.42 Å². The standard InChI is InChI=1S/C15H28O/c1-2-3-4-5-6-7-8-9-10-11-12-13-14-15-16/h11-12,15H,2-10,13-14H2,1H3/b12-11-. The Balaban J connectivity index is 2.98. The topological polar surface area (TPSA) is 17.1 Å². The van der Waals surface area contributed by atoms with Gasteiger partial charge < -0.3 is 4.79 Å². The fourth-order valence-corrected chi connectivity index (χ4v) is 1.80. The van der Waals surface area contributed by atoms with Gasteiger partial charge in [0.05, 0.1) is 0 Å². The molecule has 16 heavy (non-hydrogen) atoms. The molecule has 1 heteroatoms. The summed E-state index contributed by atoms with van der Waals surface area (Å²) >= 11 is 0. The van der Waals surface area contributed by atoms with E-state index in [2.05, 4.69) is 19.1 Å². The van der Waals surface area contributed by atoms with Gasteiger partial charge in [0.2, 0.25) is 0 Å². The van der Waals surface area contributed by atoms with Crippen LogP contribution in [0.2, 0.25) is 0 Å². The Labute approximate surface area is 101 Å². The van der Waals surface area contributed by atoms with Gasteiger partial charge in [-0.3, -0.25) is 0 Å². The highest BCUT2D eigenvalue weighted by atomic mass is 16.1. The minimum Gasteiger partial charge on any atom is -0.303 e. The number of rotatable bonds is 12. The molecule has 0 fully saturated rings. The van der Waals surface area contributed by atoms with Gasteiger partial charge in [-0.15, -0.1) is 0 Å². The fourth-order valence-electron chi connectivity index (χ4n) is 1.80. The molecule has 0 aromatic rings. The van der Waals surface area contributed by atoms with Gasteiger partial charge >= 0.3 is 0 Å². The van der Waals surface area contributed by atoms with Crippen LogP contribution in [-0.4, -0.2) is 6.29 Å². The molecule has 0 aromatic carbocycles. The van der Waals surface area contributed by atoms with Crippen molar-refractivity contribution in [2.24, 2.45) is 0 Å². The molecule has 0 unspecified atom stereocenters. The van der Waals surface area contributed by atoms with Gasteiger partial charge in [0.25, 0.3) is 0 Å². The molecule has 0 saturated heterocycles. The van der Waals surface area contributed by atoms with E-state index in [9.17, 15) is 4.79 Å². The van der Waals surface area contributed by atoms with Crippen molar-refractivity contribution in [1.29, 1.82) is 0 Å². The average molecular weight is 224 g/mol. The molecule has 0 rings (SSSR count). The van der Waals surface area contributed by atoms with Crippen molar-refractivity contribution >= 4 is 6.29 Å². The molecule has 0 amide bonds. The van der Waals surface area contributed by atoms with Crippen LogP contribution < -0.4 is 0 Å². The normalized spacial score (nSPS) is 11.1. The first-order valence-corrected chi connectivity index (χ1v) is 7.00. The van der Waals surface area contributed by atoms with Crippen LogP contribution in [0, 0.1) is 0 Å². The summed E-state index contributed by atoms with van der Waals surface area (Å²) < 4.78 is 0. The van der Waals surface area contributed by atoms with E-state index in [1.165, 1.54) is 57.8 Å². The van der Waals surface area contributed by atoms with E-state index in [4.69, 9.17) is 0 Å². The maximum absolute atomic E-state index is 10.1. The Morgan fingerprint density at radius 1 is 0.688 bits per heavy atom. The van der Waals surface area contributed by atoms with Crippen molar-refractivity contribution in [2.75, 3.05) is 0 Å². The number of carbonyl (C=O) groups excluding carboxylic acids is 1. The van der Waals surface area contributed by atoms with Crippen LogP contribution >= 0.6 is 0 Å². The second-order valence-corrected chi connectivity index (χ2v) is 4.48. The van der Waals surface area contributed by atoms with Gasteiger partial charge in [-0.05, 0) is 19.3 Å². The molecule has 0 aliphatic rings. The molecule has 94 valence electrons. The molecule has 0 spiro atoms. The lowest BCUT2D eigenvalue weighted by molar-refractivity contribution is -0.107. The quantitative estimate of drug-likeness (QED) is 0.257. The van der Waals surface area contributed by atoms with E-state index < -0.39 is 0 Å². The number of hydrogen-bond donors (Lipinski definition) is 0. The van der Waals surface area contributed by atoms with Gasteiger partial charge in [-0.25, -0.2) is 0 Å². The fraction of sp³-hybridized carbons (Fsp3) is 0.800. The highest BCUT2D eigenvalue weighted by Gasteiger charge is 1.90. The maximum atomic E-state index is 10.1. The van der Waals surface area contributed by atoms with Crippen molar-refractivity contribution in [3.8, 4) is 0 Å². The summed E-state index contributed by atoms with van der Waals surface area (Å²) in [7, 11) is 0. The maximum Gasteiger partial charge on any atom is 0.120 e. The van der Waals surface area contributed by atoms with Crippen LogP contribution in [0.25, 0.3) is 0 Å². The predicted octanol–water partition coefficient (Wildman–Crippen LogP) is 5.05. The van der Waals surface area contributed by atoms with Crippen molar-refractivity contribution in [2.45, 2.75) is 77.6 Å². The Hall–Kier alpha value is -0.590. The van der Waals surface area contributed by atoms with Crippen LogP contribution in [0.15, 0.2) is 12.2 Å². The molecule has 0 radical (unpaired) electrons. The molecular formula is C15H28O. The molecule has 0 atom stereocenters. The minimum atomic E-state index is 0.675. The van der Waals surface area contributed by atoms with Gasteiger partial charge in [0, 0.05) is 6.42 Å². The van der Waals surface area contributed by atoms with Crippen LogP contribution in [0.5, 0.6) is 0 Å². The smallest absolute Gasteiger partial charge is 0.120 e. The Bertz CT molecular complexity index is 161. The van der Waals surface area contributed by atoms with Gasteiger partial charge in [0.1, 0.15) is 6.29 Å². The summed E-state index contributed by atoms with van der Waals surface area (Å²) in [6, 6.07) is 0. The lowest BCUT2D eigenvalue weighted by Crippen LogP contribution is -1.80. The second-order valence-electron chi connectivity index (χ2n) is 4.48. The third-order valence-corrected chi connectivity index (χ3v) is 2.84. The summed E-state index contributed by atoms with van der Waals surface area (Å²) in [5.41, 5.74) is 0. The molecule has 0 heterocycles.